The standard InChI is InChI=1S/C21H16ClF3N2O2/c22-17-11-16(21(23,24)25)12-27(20(17)29)13-18(28)26-19(14-7-3-1-4-8-14)15-9-5-2-6-10-15/h1-12,19H,13H2,(H,26,28). The van der Waals surface area contributed by atoms with Crippen LogP contribution in [0.5, 0.6) is 0 Å². The molecular formula is C21H16ClF3N2O2. The molecule has 1 N–H and O–H groups in total. The zero-order valence-electron chi connectivity index (χ0n) is 15.0. The Morgan fingerprint density at radius 3 is 2.00 bits per heavy atom. The molecule has 0 bridgehead atoms. The molecule has 0 fully saturated rings. The Bertz CT molecular complexity index is 1010. The molecule has 1 aromatic heterocycles. The predicted octanol–water partition coefficient (Wildman–Crippen LogP) is 4.43. The highest BCUT2D eigenvalue weighted by Gasteiger charge is 2.32. The first-order chi connectivity index (χ1) is 13.8. The summed E-state index contributed by atoms with van der Waals surface area (Å²) in [5.74, 6) is -0.625. The second-order valence-electron chi connectivity index (χ2n) is 6.33. The number of alkyl halides is 3. The van der Waals surface area contributed by atoms with Crippen LogP contribution < -0.4 is 10.9 Å². The van der Waals surface area contributed by atoms with Gasteiger partial charge in [0.1, 0.15) is 11.6 Å². The van der Waals surface area contributed by atoms with Crippen molar-refractivity contribution in [2.24, 2.45) is 0 Å². The summed E-state index contributed by atoms with van der Waals surface area (Å²) in [4.78, 5) is 24.7. The fourth-order valence-electron chi connectivity index (χ4n) is 2.88. The van der Waals surface area contributed by atoms with Gasteiger partial charge in [-0.1, -0.05) is 72.3 Å². The van der Waals surface area contributed by atoms with Gasteiger partial charge < -0.3 is 9.88 Å². The molecule has 0 aliphatic rings. The highest BCUT2D eigenvalue weighted by atomic mass is 35.5. The van der Waals surface area contributed by atoms with Gasteiger partial charge in [-0.05, 0) is 17.2 Å². The fourth-order valence-corrected chi connectivity index (χ4v) is 3.11. The Balaban J connectivity index is 1.89. The molecule has 0 atom stereocenters. The van der Waals surface area contributed by atoms with Gasteiger partial charge in [0.25, 0.3) is 5.56 Å². The van der Waals surface area contributed by atoms with Crippen LogP contribution in [0, 0.1) is 0 Å². The average Bonchev–Trinajstić information content (AvgIpc) is 2.70. The first kappa shape index (κ1) is 20.7. The van der Waals surface area contributed by atoms with E-state index < -0.39 is 40.8 Å². The van der Waals surface area contributed by atoms with E-state index >= 15 is 0 Å². The van der Waals surface area contributed by atoms with Crippen molar-refractivity contribution in [1.29, 1.82) is 0 Å². The lowest BCUT2D eigenvalue weighted by atomic mass is 9.99. The molecule has 0 unspecified atom stereocenters. The van der Waals surface area contributed by atoms with Crippen molar-refractivity contribution in [3.63, 3.8) is 0 Å². The number of nitrogens with zero attached hydrogens (tertiary/aromatic N) is 1. The molecule has 3 aromatic rings. The van der Waals surface area contributed by atoms with E-state index in [2.05, 4.69) is 5.32 Å². The smallest absolute Gasteiger partial charge is 0.344 e. The van der Waals surface area contributed by atoms with Crippen LogP contribution in [0.15, 0.2) is 77.7 Å². The lowest BCUT2D eigenvalue weighted by molar-refractivity contribution is -0.138. The zero-order chi connectivity index (χ0) is 21.0. The number of benzene rings is 2. The number of amides is 1. The van der Waals surface area contributed by atoms with Crippen molar-refractivity contribution in [2.75, 3.05) is 0 Å². The van der Waals surface area contributed by atoms with E-state index in [4.69, 9.17) is 11.6 Å². The molecule has 0 aliphatic carbocycles. The molecule has 29 heavy (non-hydrogen) atoms. The van der Waals surface area contributed by atoms with Gasteiger partial charge in [-0.3, -0.25) is 9.59 Å². The van der Waals surface area contributed by atoms with E-state index in [1.54, 1.807) is 0 Å². The van der Waals surface area contributed by atoms with E-state index in [1.807, 2.05) is 60.7 Å². The van der Waals surface area contributed by atoms with Gasteiger partial charge in [-0.15, -0.1) is 0 Å². The topological polar surface area (TPSA) is 51.1 Å². The molecule has 0 saturated carbocycles. The average molecular weight is 421 g/mol. The molecule has 1 heterocycles. The summed E-state index contributed by atoms with van der Waals surface area (Å²) < 4.78 is 39.6. The summed E-state index contributed by atoms with van der Waals surface area (Å²) in [6.07, 6.45) is -4.10. The Morgan fingerprint density at radius 2 is 1.52 bits per heavy atom. The maximum Gasteiger partial charge on any atom is 0.417 e. The molecule has 0 saturated heterocycles. The van der Waals surface area contributed by atoms with Crippen LogP contribution in [0.3, 0.4) is 0 Å². The van der Waals surface area contributed by atoms with Crippen LogP contribution in [-0.4, -0.2) is 10.5 Å². The molecule has 0 radical (unpaired) electrons. The second kappa shape index (κ2) is 8.53. The van der Waals surface area contributed by atoms with E-state index in [1.165, 1.54) is 0 Å². The summed E-state index contributed by atoms with van der Waals surface area (Å²) in [7, 11) is 0. The summed E-state index contributed by atoms with van der Waals surface area (Å²) in [5.41, 5.74) is -0.383. The molecule has 8 heteroatoms. The fraction of sp³-hybridized carbons (Fsp3) is 0.143. The Labute approximate surface area is 169 Å². The number of hydrogen-bond donors (Lipinski definition) is 1. The second-order valence-corrected chi connectivity index (χ2v) is 6.74. The number of aromatic nitrogens is 1. The minimum Gasteiger partial charge on any atom is -0.344 e. The van der Waals surface area contributed by atoms with Gasteiger partial charge in [-0.25, -0.2) is 0 Å². The number of carbonyl (C=O) groups is 1. The van der Waals surface area contributed by atoms with E-state index in [9.17, 15) is 22.8 Å². The van der Waals surface area contributed by atoms with Gasteiger partial charge >= 0.3 is 6.18 Å². The van der Waals surface area contributed by atoms with Crippen molar-refractivity contribution in [1.82, 2.24) is 9.88 Å². The van der Waals surface area contributed by atoms with Crippen molar-refractivity contribution in [3.05, 3.63) is 105 Å². The first-order valence-electron chi connectivity index (χ1n) is 8.62. The monoisotopic (exact) mass is 420 g/mol. The number of pyridine rings is 1. The highest BCUT2D eigenvalue weighted by Crippen LogP contribution is 2.29. The number of carbonyl (C=O) groups excluding carboxylic acids is 1. The van der Waals surface area contributed by atoms with Gasteiger partial charge in [-0.2, -0.15) is 13.2 Å². The maximum absolute atomic E-state index is 13.0. The van der Waals surface area contributed by atoms with Gasteiger partial charge in [0.05, 0.1) is 11.6 Å². The van der Waals surface area contributed by atoms with E-state index in [0.29, 0.717) is 16.8 Å². The third kappa shape index (κ3) is 5.06. The van der Waals surface area contributed by atoms with E-state index in [0.717, 1.165) is 11.1 Å². The summed E-state index contributed by atoms with van der Waals surface area (Å²) in [6, 6.07) is 18.2. The summed E-state index contributed by atoms with van der Waals surface area (Å²) in [6.45, 7) is -0.599. The maximum atomic E-state index is 13.0. The molecular weight excluding hydrogens is 405 g/mol. The van der Waals surface area contributed by atoms with Gasteiger partial charge in [0.2, 0.25) is 5.91 Å². The number of rotatable bonds is 5. The highest BCUT2D eigenvalue weighted by molar-refractivity contribution is 6.30. The van der Waals surface area contributed by atoms with Crippen molar-refractivity contribution in [3.8, 4) is 0 Å². The first-order valence-corrected chi connectivity index (χ1v) is 9.00. The molecule has 1 amide bonds. The van der Waals surface area contributed by atoms with Crippen LogP contribution >= 0.6 is 11.6 Å². The molecule has 4 nitrogen and oxygen atoms in total. The van der Waals surface area contributed by atoms with Crippen LogP contribution in [-0.2, 0) is 17.5 Å². The molecule has 2 aromatic carbocycles. The minimum absolute atomic E-state index is 0.526. The van der Waals surface area contributed by atoms with Crippen molar-refractivity contribution in [2.45, 2.75) is 18.8 Å². The van der Waals surface area contributed by atoms with Gasteiger partial charge in [0.15, 0.2) is 0 Å². The zero-order valence-corrected chi connectivity index (χ0v) is 15.7. The molecule has 0 spiro atoms. The predicted molar refractivity (Wildman–Crippen MR) is 104 cm³/mol. The van der Waals surface area contributed by atoms with Gasteiger partial charge in [0, 0.05) is 6.20 Å². The summed E-state index contributed by atoms with van der Waals surface area (Å²) >= 11 is 5.64. The van der Waals surface area contributed by atoms with E-state index in [-0.39, 0.29) is 0 Å². The lowest BCUT2D eigenvalue weighted by Gasteiger charge is -2.20. The molecule has 3 rings (SSSR count). The lowest BCUT2D eigenvalue weighted by Crippen LogP contribution is -2.35. The SMILES string of the molecule is O=C(Cn1cc(C(F)(F)F)cc(Cl)c1=O)NC(c1ccccc1)c1ccccc1. The third-order valence-corrected chi connectivity index (χ3v) is 4.53. The van der Waals surface area contributed by atoms with Crippen LogP contribution in [0.25, 0.3) is 0 Å². The normalized spacial score (nSPS) is 11.5. The Hall–Kier alpha value is -3.06. The summed E-state index contributed by atoms with van der Waals surface area (Å²) in [5, 5.41) is 2.18. The van der Waals surface area contributed by atoms with Crippen LogP contribution in [0.1, 0.15) is 22.7 Å². The third-order valence-electron chi connectivity index (χ3n) is 4.25. The number of nitrogens with one attached hydrogen (secondary N) is 1. The number of halogens is 4. The van der Waals surface area contributed by atoms with Crippen LogP contribution in [0.2, 0.25) is 5.02 Å². The Kier molecular flexibility index (Phi) is 6.08. The largest absolute Gasteiger partial charge is 0.417 e. The van der Waals surface area contributed by atoms with Crippen molar-refractivity contribution < 1.29 is 18.0 Å². The number of hydrogen-bond acceptors (Lipinski definition) is 2. The molecule has 0 aliphatic heterocycles. The quantitative estimate of drug-likeness (QED) is 0.664. The molecule has 150 valence electrons. The van der Waals surface area contributed by atoms with Crippen LogP contribution in [0.4, 0.5) is 13.2 Å². The van der Waals surface area contributed by atoms with Crippen molar-refractivity contribution >= 4 is 17.5 Å². The minimum atomic E-state index is -4.69. The Morgan fingerprint density at radius 1 is 1.00 bits per heavy atom.